The van der Waals surface area contributed by atoms with Crippen molar-refractivity contribution in [3.63, 3.8) is 0 Å². The van der Waals surface area contributed by atoms with Gasteiger partial charge in [0.25, 0.3) is 0 Å². The third kappa shape index (κ3) is 2.34. The van der Waals surface area contributed by atoms with Crippen LogP contribution in [0.5, 0.6) is 0 Å². The van der Waals surface area contributed by atoms with Gasteiger partial charge in [0.1, 0.15) is 12.0 Å². The molecule has 2 N–H and O–H groups in total. The fourth-order valence-corrected chi connectivity index (χ4v) is 3.19. The standard InChI is InChI=1S/C19H19N5/c1-23(15-8-3-2-4-9-15)18-17(20)19(22-13-21-18)24-12-11-14-7-5-6-10-16(14)24/h2-10,13H,11-12,20H2,1H3. The molecule has 4 rings (SSSR count). The van der Waals surface area contributed by atoms with E-state index in [0.717, 1.165) is 30.3 Å². The molecule has 0 bridgehead atoms. The quantitative estimate of drug-likeness (QED) is 0.801. The Bertz CT molecular complexity index is 863. The van der Waals surface area contributed by atoms with Crippen LogP contribution >= 0.6 is 0 Å². The van der Waals surface area contributed by atoms with Gasteiger partial charge in [-0.2, -0.15) is 0 Å². The molecule has 1 aromatic heterocycles. The number of anilines is 5. The summed E-state index contributed by atoms with van der Waals surface area (Å²) in [6, 6.07) is 18.5. The first kappa shape index (κ1) is 14.5. The highest BCUT2D eigenvalue weighted by molar-refractivity contribution is 5.83. The van der Waals surface area contributed by atoms with Gasteiger partial charge in [-0.05, 0) is 30.2 Å². The van der Waals surface area contributed by atoms with E-state index in [1.54, 1.807) is 6.33 Å². The van der Waals surface area contributed by atoms with Crippen LogP contribution in [0.1, 0.15) is 5.56 Å². The van der Waals surface area contributed by atoms with E-state index in [-0.39, 0.29) is 0 Å². The predicted molar refractivity (Wildman–Crippen MR) is 98.1 cm³/mol. The van der Waals surface area contributed by atoms with E-state index in [1.165, 1.54) is 11.3 Å². The second-order valence-electron chi connectivity index (χ2n) is 5.86. The van der Waals surface area contributed by atoms with Gasteiger partial charge in [0.2, 0.25) is 0 Å². The number of nitrogens with zero attached hydrogens (tertiary/aromatic N) is 4. The van der Waals surface area contributed by atoms with Crippen molar-refractivity contribution in [1.82, 2.24) is 9.97 Å². The Morgan fingerprint density at radius 3 is 2.58 bits per heavy atom. The van der Waals surface area contributed by atoms with Gasteiger partial charge < -0.3 is 15.5 Å². The second-order valence-corrected chi connectivity index (χ2v) is 5.86. The van der Waals surface area contributed by atoms with Crippen LogP contribution in [0.3, 0.4) is 0 Å². The van der Waals surface area contributed by atoms with Crippen LogP contribution in [-0.4, -0.2) is 23.6 Å². The average Bonchev–Trinajstić information content (AvgIpc) is 3.06. The Kier molecular flexibility index (Phi) is 3.54. The molecule has 1 aliphatic rings. The number of nitrogen functional groups attached to an aromatic ring is 1. The third-order valence-corrected chi connectivity index (χ3v) is 4.45. The molecule has 0 radical (unpaired) electrons. The van der Waals surface area contributed by atoms with Gasteiger partial charge >= 0.3 is 0 Å². The highest BCUT2D eigenvalue weighted by atomic mass is 15.3. The van der Waals surface area contributed by atoms with Gasteiger partial charge in [0.15, 0.2) is 11.6 Å². The molecular weight excluding hydrogens is 298 g/mol. The van der Waals surface area contributed by atoms with E-state index in [2.05, 4.69) is 33.1 Å². The second kappa shape index (κ2) is 5.85. The first-order valence-electron chi connectivity index (χ1n) is 8.00. The van der Waals surface area contributed by atoms with Crippen molar-refractivity contribution < 1.29 is 0 Å². The number of rotatable bonds is 3. The van der Waals surface area contributed by atoms with E-state index >= 15 is 0 Å². The van der Waals surface area contributed by atoms with Crippen LogP contribution in [0, 0.1) is 0 Å². The molecule has 1 aliphatic heterocycles. The van der Waals surface area contributed by atoms with E-state index < -0.39 is 0 Å². The van der Waals surface area contributed by atoms with Gasteiger partial charge in [-0.1, -0.05) is 36.4 Å². The smallest absolute Gasteiger partial charge is 0.161 e. The lowest BCUT2D eigenvalue weighted by molar-refractivity contribution is 0.962. The van der Waals surface area contributed by atoms with Crippen LogP contribution in [0.25, 0.3) is 0 Å². The zero-order chi connectivity index (χ0) is 16.5. The molecule has 0 saturated heterocycles. The van der Waals surface area contributed by atoms with Crippen molar-refractivity contribution in [3.05, 3.63) is 66.5 Å². The molecule has 120 valence electrons. The van der Waals surface area contributed by atoms with Gasteiger partial charge in [0, 0.05) is 25.0 Å². The van der Waals surface area contributed by atoms with E-state index in [9.17, 15) is 0 Å². The molecule has 0 amide bonds. The van der Waals surface area contributed by atoms with E-state index in [0.29, 0.717) is 5.69 Å². The molecule has 0 spiro atoms. The fourth-order valence-electron chi connectivity index (χ4n) is 3.19. The van der Waals surface area contributed by atoms with Gasteiger partial charge in [-0.3, -0.25) is 0 Å². The normalized spacial score (nSPS) is 13.0. The minimum atomic E-state index is 0.598. The fraction of sp³-hybridized carbons (Fsp3) is 0.158. The van der Waals surface area contributed by atoms with Crippen LogP contribution in [0.4, 0.5) is 28.7 Å². The molecule has 0 atom stereocenters. The first-order valence-corrected chi connectivity index (χ1v) is 8.00. The van der Waals surface area contributed by atoms with E-state index in [4.69, 9.17) is 5.73 Å². The summed E-state index contributed by atoms with van der Waals surface area (Å²) in [7, 11) is 1.97. The predicted octanol–water partition coefficient (Wildman–Crippen LogP) is 3.52. The molecule has 0 unspecified atom stereocenters. The van der Waals surface area contributed by atoms with Crippen molar-refractivity contribution in [3.8, 4) is 0 Å². The lowest BCUT2D eigenvalue weighted by Crippen LogP contribution is -2.20. The number of aromatic nitrogens is 2. The van der Waals surface area contributed by atoms with Crippen molar-refractivity contribution in [2.75, 3.05) is 29.1 Å². The van der Waals surface area contributed by atoms with Gasteiger partial charge in [-0.15, -0.1) is 0 Å². The lowest BCUT2D eigenvalue weighted by atomic mass is 10.2. The van der Waals surface area contributed by atoms with E-state index in [1.807, 2.05) is 48.3 Å². The van der Waals surface area contributed by atoms with Crippen LogP contribution in [0.15, 0.2) is 60.9 Å². The first-order chi connectivity index (χ1) is 11.8. The molecule has 3 aromatic rings. The summed E-state index contributed by atoms with van der Waals surface area (Å²) >= 11 is 0. The summed E-state index contributed by atoms with van der Waals surface area (Å²) in [4.78, 5) is 13.0. The van der Waals surface area contributed by atoms with Crippen molar-refractivity contribution in [1.29, 1.82) is 0 Å². The van der Waals surface area contributed by atoms with Crippen LogP contribution < -0.4 is 15.5 Å². The largest absolute Gasteiger partial charge is 0.393 e. The highest BCUT2D eigenvalue weighted by Crippen LogP contribution is 2.39. The molecule has 2 heterocycles. The summed E-state index contributed by atoms with van der Waals surface area (Å²) in [5.74, 6) is 1.49. The maximum atomic E-state index is 6.45. The molecule has 0 fully saturated rings. The molecule has 24 heavy (non-hydrogen) atoms. The monoisotopic (exact) mass is 317 g/mol. The summed E-state index contributed by atoms with van der Waals surface area (Å²) in [5, 5.41) is 0. The van der Waals surface area contributed by atoms with Crippen molar-refractivity contribution in [2.24, 2.45) is 0 Å². The van der Waals surface area contributed by atoms with Crippen molar-refractivity contribution in [2.45, 2.75) is 6.42 Å². The Hall–Kier alpha value is -3.08. The van der Waals surface area contributed by atoms with Crippen molar-refractivity contribution >= 4 is 28.7 Å². The molecule has 0 aliphatic carbocycles. The Morgan fingerprint density at radius 2 is 1.75 bits per heavy atom. The number of hydrogen-bond donors (Lipinski definition) is 1. The topological polar surface area (TPSA) is 58.3 Å². The Morgan fingerprint density at radius 1 is 1.00 bits per heavy atom. The molecular formula is C19H19N5. The average molecular weight is 317 g/mol. The highest BCUT2D eigenvalue weighted by Gasteiger charge is 2.24. The van der Waals surface area contributed by atoms with Gasteiger partial charge in [-0.25, -0.2) is 9.97 Å². The maximum absolute atomic E-state index is 6.45. The molecule has 5 nitrogen and oxygen atoms in total. The summed E-state index contributed by atoms with van der Waals surface area (Å²) in [5.41, 5.74) is 10.6. The molecule has 0 saturated carbocycles. The summed E-state index contributed by atoms with van der Waals surface area (Å²) in [6.07, 6.45) is 2.59. The zero-order valence-electron chi connectivity index (χ0n) is 13.6. The van der Waals surface area contributed by atoms with Gasteiger partial charge in [0.05, 0.1) is 0 Å². The third-order valence-electron chi connectivity index (χ3n) is 4.45. The Labute approximate surface area is 141 Å². The van der Waals surface area contributed by atoms with Crippen LogP contribution in [-0.2, 0) is 6.42 Å². The lowest BCUT2D eigenvalue weighted by Gasteiger charge is -2.24. The zero-order valence-corrected chi connectivity index (χ0v) is 13.6. The number of benzene rings is 2. The number of para-hydroxylation sites is 2. The molecule has 5 heteroatoms. The number of hydrogen-bond acceptors (Lipinski definition) is 5. The van der Waals surface area contributed by atoms with Crippen LogP contribution in [0.2, 0.25) is 0 Å². The minimum Gasteiger partial charge on any atom is -0.393 e. The summed E-state index contributed by atoms with van der Waals surface area (Å²) in [6.45, 7) is 0.884. The molecule has 2 aromatic carbocycles. The Balaban J connectivity index is 1.75. The maximum Gasteiger partial charge on any atom is 0.161 e. The number of fused-ring (bicyclic) bond motifs is 1. The number of nitrogens with two attached hydrogens (primary N) is 1. The minimum absolute atomic E-state index is 0.598. The summed E-state index contributed by atoms with van der Waals surface area (Å²) < 4.78 is 0. The SMILES string of the molecule is CN(c1ccccc1)c1ncnc(N2CCc3ccccc32)c1N.